The van der Waals surface area contributed by atoms with E-state index in [-0.39, 0.29) is 17.4 Å². The first-order valence-electron chi connectivity index (χ1n) is 3.26. The van der Waals surface area contributed by atoms with Crippen molar-refractivity contribution in [1.82, 2.24) is 0 Å². The summed E-state index contributed by atoms with van der Waals surface area (Å²) in [5.74, 6) is -1.38. The lowest BCUT2D eigenvalue weighted by molar-refractivity contribution is 0.111. The topological polar surface area (TPSA) is 17.1 Å². The van der Waals surface area contributed by atoms with E-state index in [9.17, 15) is 13.6 Å². The zero-order chi connectivity index (χ0) is 9.14. The molecule has 1 aromatic rings. The molecule has 0 aromatic heterocycles. The molecular weight excluding hydrogens is 162 g/mol. The van der Waals surface area contributed by atoms with Crippen LogP contribution in [0.1, 0.15) is 15.9 Å². The quantitative estimate of drug-likeness (QED) is 0.620. The maximum absolute atomic E-state index is 12.8. The van der Waals surface area contributed by atoms with Crippen LogP contribution in [0.5, 0.6) is 0 Å². The molecule has 0 fully saturated rings. The van der Waals surface area contributed by atoms with Crippen molar-refractivity contribution in [3.63, 3.8) is 0 Å². The fourth-order valence-electron chi connectivity index (χ4n) is 0.910. The third kappa shape index (κ3) is 1.25. The van der Waals surface area contributed by atoms with Crippen LogP contribution in [-0.4, -0.2) is 6.29 Å². The summed E-state index contributed by atoms with van der Waals surface area (Å²) in [7, 11) is 0. The van der Waals surface area contributed by atoms with Crippen molar-refractivity contribution in [1.29, 1.82) is 0 Å². The van der Waals surface area contributed by atoms with Crippen LogP contribution in [0.25, 0.3) is 6.08 Å². The van der Waals surface area contributed by atoms with Gasteiger partial charge >= 0.3 is 0 Å². The molecule has 0 aliphatic rings. The Labute approximate surface area is 68.3 Å². The Morgan fingerprint density at radius 1 is 1.17 bits per heavy atom. The molecule has 0 saturated carbocycles. The number of hydrogen-bond donors (Lipinski definition) is 0. The van der Waals surface area contributed by atoms with E-state index in [4.69, 9.17) is 0 Å². The van der Waals surface area contributed by atoms with Gasteiger partial charge in [-0.2, -0.15) is 0 Å². The third-order valence-corrected chi connectivity index (χ3v) is 1.50. The van der Waals surface area contributed by atoms with Gasteiger partial charge in [0.1, 0.15) is 11.6 Å². The largest absolute Gasteiger partial charge is 0.298 e. The minimum atomic E-state index is -0.735. The van der Waals surface area contributed by atoms with E-state index in [1.807, 2.05) is 0 Å². The van der Waals surface area contributed by atoms with Crippen LogP contribution in [0.4, 0.5) is 8.78 Å². The molecule has 62 valence electrons. The van der Waals surface area contributed by atoms with Crippen molar-refractivity contribution in [2.24, 2.45) is 0 Å². The summed E-state index contributed by atoms with van der Waals surface area (Å²) in [5, 5.41) is 0. The molecule has 0 bridgehead atoms. The fraction of sp³-hybridized carbons (Fsp3) is 0. The average Bonchev–Trinajstić information content (AvgIpc) is 2.08. The Hall–Kier alpha value is -1.51. The average molecular weight is 168 g/mol. The minimum absolute atomic E-state index is 0.0926. The predicted molar refractivity (Wildman–Crippen MR) is 41.8 cm³/mol. The SMILES string of the molecule is C=Cc1c(F)ccc(F)c1C=O. The monoisotopic (exact) mass is 168 g/mol. The van der Waals surface area contributed by atoms with Crippen molar-refractivity contribution in [2.45, 2.75) is 0 Å². The van der Waals surface area contributed by atoms with Gasteiger partial charge in [0.15, 0.2) is 6.29 Å². The highest BCUT2D eigenvalue weighted by Crippen LogP contribution is 2.16. The normalized spacial score (nSPS) is 9.50. The van der Waals surface area contributed by atoms with Crippen LogP contribution in [0.15, 0.2) is 18.7 Å². The van der Waals surface area contributed by atoms with Gasteiger partial charge in [0.25, 0.3) is 0 Å². The molecule has 0 radical (unpaired) electrons. The lowest BCUT2D eigenvalue weighted by Gasteiger charge is -2.00. The molecule has 0 unspecified atom stereocenters. The van der Waals surface area contributed by atoms with Crippen molar-refractivity contribution in [3.05, 3.63) is 41.5 Å². The van der Waals surface area contributed by atoms with E-state index in [2.05, 4.69) is 6.58 Å². The van der Waals surface area contributed by atoms with Gasteiger partial charge in [-0.05, 0) is 12.1 Å². The number of rotatable bonds is 2. The summed E-state index contributed by atoms with van der Waals surface area (Å²) in [6.07, 6.45) is 1.39. The van der Waals surface area contributed by atoms with E-state index in [0.29, 0.717) is 0 Å². The van der Waals surface area contributed by atoms with Gasteiger partial charge in [-0.1, -0.05) is 12.7 Å². The highest BCUT2D eigenvalue weighted by molar-refractivity contribution is 5.82. The molecule has 0 saturated heterocycles. The van der Waals surface area contributed by atoms with Crippen LogP contribution in [0, 0.1) is 11.6 Å². The molecule has 0 N–H and O–H groups in total. The zero-order valence-corrected chi connectivity index (χ0v) is 6.18. The molecule has 12 heavy (non-hydrogen) atoms. The molecule has 3 heteroatoms. The molecular formula is C9H6F2O. The van der Waals surface area contributed by atoms with E-state index < -0.39 is 11.6 Å². The summed E-state index contributed by atoms with van der Waals surface area (Å²) in [6.45, 7) is 3.28. The Balaban J connectivity index is 3.48. The summed E-state index contributed by atoms with van der Waals surface area (Å²) >= 11 is 0. The Morgan fingerprint density at radius 2 is 1.67 bits per heavy atom. The maximum Gasteiger partial charge on any atom is 0.153 e. The standard InChI is InChI=1S/C9H6F2O/c1-2-6-7(5-12)9(11)4-3-8(6)10/h2-5H,1H2. The molecule has 0 atom stereocenters. The highest BCUT2D eigenvalue weighted by Gasteiger charge is 2.09. The lowest BCUT2D eigenvalue weighted by Crippen LogP contribution is -1.95. The van der Waals surface area contributed by atoms with Gasteiger partial charge in [0.05, 0.1) is 5.56 Å². The van der Waals surface area contributed by atoms with Gasteiger partial charge < -0.3 is 0 Å². The molecule has 1 rings (SSSR count). The number of hydrogen-bond acceptors (Lipinski definition) is 1. The van der Waals surface area contributed by atoms with Gasteiger partial charge in [-0.3, -0.25) is 4.79 Å². The molecule has 1 aromatic carbocycles. The first-order valence-corrected chi connectivity index (χ1v) is 3.26. The van der Waals surface area contributed by atoms with Crippen LogP contribution in [0.3, 0.4) is 0 Å². The number of aldehydes is 1. The molecule has 0 amide bonds. The van der Waals surface area contributed by atoms with Crippen LogP contribution in [0.2, 0.25) is 0 Å². The smallest absolute Gasteiger partial charge is 0.153 e. The predicted octanol–water partition coefficient (Wildman–Crippen LogP) is 2.42. The number of benzene rings is 1. The minimum Gasteiger partial charge on any atom is -0.298 e. The molecule has 0 heterocycles. The molecule has 1 nitrogen and oxygen atoms in total. The van der Waals surface area contributed by atoms with Crippen molar-refractivity contribution >= 4 is 12.4 Å². The van der Waals surface area contributed by atoms with E-state index in [1.165, 1.54) is 0 Å². The zero-order valence-electron chi connectivity index (χ0n) is 6.18. The fourth-order valence-corrected chi connectivity index (χ4v) is 0.910. The highest BCUT2D eigenvalue weighted by atomic mass is 19.1. The summed E-state index contributed by atoms with van der Waals surface area (Å²) < 4.78 is 25.6. The number of carbonyl (C=O) groups is 1. The van der Waals surface area contributed by atoms with E-state index in [1.54, 1.807) is 0 Å². The third-order valence-electron chi connectivity index (χ3n) is 1.50. The van der Waals surface area contributed by atoms with Crippen molar-refractivity contribution < 1.29 is 13.6 Å². The Bertz CT molecular complexity index is 299. The Kier molecular flexibility index (Phi) is 2.33. The summed E-state index contributed by atoms with van der Waals surface area (Å²) in [4.78, 5) is 10.3. The molecule has 0 spiro atoms. The summed E-state index contributed by atoms with van der Waals surface area (Å²) in [6, 6.07) is 1.87. The first kappa shape index (κ1) is 8.59. The van der Waals surface area contributed by atoms with Crippen molar-refractivity contribution in [2.75, 3.05) is 0 Å². The van der Waals surface area contributed by atoms with E-state index in [0.717, 1.165) is 18.2 Å². The second-order valence-electron chi connectivity index (χ2n) is 2.18. The lowest BCUT2D eigenvalue weighted by atomic mass is 10.1. The second-order valence-corrected chi connectivity index (χ2v) is 2.18. The molecule has 0 aliphatic heterocycles. The van der Waals surface area contributed by atoms with Crippen LogP contribution in [-0.2, 0) is 0 Å². The van der Waals surface area contributed by atoms with Crippen molar-refractivity contribution in [3.8, 4) is 0 Å². The number of carbonyl (C=O) groups excluding carboxylic acids is 1. The Morgan fingerprint density at radius 3 is 2.00 bits per heavy atom. The van der Waals surface area contributed by atoms with Crippen LogP contribution >= 0.6 is 0 Å². The van der Waals surface area contributed by atoms with Gasteiger partial charge in [-0.25, -0.2) is 8.78 Å². The van der Waals surface area contributed by atoms with E-state index >= 15 is 0 Å². The molecule has 0 aliphatic carbocycles. The van der Waals surface area contributed by atoms with Crippen LogP contribution < -0.4 is 0 Å². The first-order chi connectivity index (χ1) is 5.70. The number of halogens is 2. The van der Waals surface area contributed by atoms with Gasteiger partial charge in [0.2, 0.25) is 0 Å². The summed E-state index contributed by atoms with van der Waals surface area (Å²) in [5.41, 5.74) is -0.380. The second kappa shape index (κ2) is 3.26. The van der Waals surface area contributed by atoms with Gasteiger partial charge in [-0.15, -0.1) is 0 Å². The van der Waals surface area contributed by atoms with Gasteiger partial charge in [0, 0.05) is 5.56 Å². The maximum atomic E-state index is 12.8.